The van der Waals surface area contributed by atoms with Gasteiger partial charge in [-0.2, -0.15) is 0 Å². The summed E-state index contributed by atoms with van der Waals surface area (Å²) in [6, 6.07) is 89.7. The van der Waals surface area contributed by atoms with E-state index in [0.29, 0.717) is 0 Å². The van der Waals surface area contributed by atoms with Crippen LogP contribution in [0.1, 0.15) is 0 Å². The van der Waals surface area contributed by atoms with Crippen molar-refractivity contribution >= 4 is 54.4 Å². The van der Waals surface area contributed by atoms with E-state index in [0.717, 1.165) is 5.69 Å². The molecule has 0 bridgehead atoms. The normalized spacial score (nSPS) is 11.9. The van der Waals surface area contributed by atoms with Crippen molar-refractivity contribution in [2.75, 3.05) is 0 Å². The molecule has 0 saturated carbocycles. The third-order valence-electron chi connectivity index (χ3n) is 14.0. The van der Waals surface area contributed by atoms with Gasteiger partial charge in [-0.1, -0.05) is 170 Å². The van der Waals surface area contributed by atoms with Crippen LogP contribution in [0.3, 0.4) is 0 Å². The van der Waals surface area contributed by atoms with Gasteiger partial charge in [-0.15, -0.1) is 0 Å². The zero-order chi connectivity index (χ0) is 43.3. The molecule has 0 saturated heterocycles. The molecule has 13 aromatic rings. The standard InChI is InChI=1S/C64H40N2/c1-3-15-41(16-4-1)48-33-49(42-17-5-2-6-18-42)35-51(34-48)65-60-24-12-10-22-53(60)57-38-47(31-32-63(57)65)43-27-29-44(30-28-43)50-39-58-54-23-11-14-26-62(54)66-61-25-13-9-21-52(61)55-36-45-19-7-8-20-46(45)37-56(55)59(40-50)64(58)66/h1-40H. The molecular formula is C64H40N2. The molecule has 0 spiro atoms. The van der Waals surface area contributed by atoms with E-state index in [2.05, 4.69) is 252 Å². The summed E-state index contributed by atoms with van der Waals surface area (Å²) in [5, 5.41) is 7.51. The zero-order valence-electron chi connectivity index (χ0n) is 36.0. The van der Waals surface area contributed by atoms with Gasteiger partial charge in [0, 0.05) is 38.4 Å². The Morgan fingerprint density at radius 2 is 0.697 bits per heavy atom. The van der Waals surface area contributed by atoms with Gasteiger partial charge in [-0.3, -0.25) is 0 Å². The van der Waals surface area contributed by atoms with Crippen LogP contribution in [0.4, 0.5) is 0 Å². The van der Waals surface area contributed by atoms with Gasteiger partial charge in [0.1, 0.15) is 0 Å². The summed E-state index contributed by atoms with van der Waals surface area (Å²) in [5.74, 6) is 0. The van der Waals surface area contributed by atoms with Crippen LogP contribution in [0.15, 0.2) is 243 Å². The Bertz CT molecular complexity index is 4020. The van der Waals surface area contributed by atoms with E-state index in [9.17, 15) is 0 Å². The molecule has 3 heterocycles. The van der Waals surface area contributed by atoms with E-state index in [-0.39, 0.29) is 0 Å². The molecule has 0 aliphatic carbocycles. The molecule has 2 aromatic heterocycles. The van der Waals surface area contributed by atoms with Gasteiger partial charge in [0.25, 0.3) is 0 Å². The second-order valence-electron chi connectivity index (χ2n) is 17.7. The number of hydrogen-bond acceptors (Lipinski definition) is 0. The van der Waals surface area contributed by atoms with Gasteiger partial charge in [0.15, 0.2) is 0 Å². The van der Waals surface area contributed by atoms with Crippen molar-refractivity contribution in [1.82, 2.24) is 9.13 Å². The highest BCUT2D eigenvalue weighted by atomic mass is 15.0. The first-order valence-corrected chi connectivity index (χ1v) is 22.8. The lowest BCUT2D eigenvalue weighted by atomic mass is 9.89. The van der Waals surface area contributed by atoms with Crippen LogP contribution in [0, 0.1) is 0 Å². The summed E-state index contributed by atoms with van der Waals surface area (Å²) in [6.07, 6.45) is 0. The van der Waals surface area contributed by atoms with Crippen molar-refractivity contribution in [2.45, 2.75) is 0 Å². The van der Waals surface area contributed by atoms with Gasteiger partial charge >= 0.3 is 0 Å². The van der Waals surface area contributed by atoms with Crippen molar-refractivity contribution < 1.29 is 0 Å². The van der Waals surface area contributed by atoms with E-state index >= 15 is 0 Å². The van der Waals surface area contributed by atoms with Crippen molar-refractivity contribution in [3.8, 4) is 78.1 Å². The molecule has 1 aliphatic rings. The fourth-order valence-electron chi connectivity index (χ4n) is 10.9. The highest BCUT2D eigenvalue weighted by Crippen LogP contribution is 2.49. The molecule has 0 radical (unpaired) electrons. The zero-order valence-corrected chi connectivity index (χ0v) is 36.0. The lowest BCUT2D eigenvalue weighted by molar-refractivity contribution is 1.18. The first kappa shape index (κ1) is 36.7. The fraction of sp³-hybridized carbons (Fsp3) is 0. The van der Waals surface area contributed by atoms with E-state index in [1.54, 1.807) is 0 Å². The highest BCUT2D eigenvalue weighted by molar-refractivity contribution is 6.18. The maximum absolute atomic E-state index is 2.50. The maximum Gasteiger partial charge on any atom is 0.0620 e. The van der Waals surface area contributed by atoms with Crippen LogP contribution in [-0.4, -0.2) is 9.13 Å². The summed E-state index contributed by atoms with van der Waals surface area (Å²) in [6.45, 7) is 0. The minimum Gasteiger partial charge on any atom is -0.309 e. The quantitative estimate of drug-likeness (QED) is 0.163. The van der Waals surface area contributed by atoms with E-state index in [1.807, 2.05) is 0 Å². The average molecular weight is 837 g/mol. The van der Waals surface area contributed by atoms with Crippen molar-refractivity contribution in [3.63, 3.8) is 0 Å². The first-order valence-electron chi connectivity index (χ1n) is 22.8. The van der Waals surface area contributed by atoms with Crippen LogP contribution in [0.25, 0.3) is 133 Å². The number of nitrogens with zero attached hydrogens (tertiary/aromatic N) is 2. The molecule has 0 atom stereocenters. The van der Waals surface area contributed by atoms with Crippen molar-refractivity contribution in [1.29, 1.82) is 0 Å². The van der Waals surface area contributed by atoms with Crippen LogP contribution in [0.5, 0.6) is 0 Å². The minimum absolute atomic E-state index is 1.15. The molecule has 2 nitrogen and oxygen atoms in total. The molecule has 2 heteroatoms. The summed E-state index contributed by atoms with van der Waals surface area (Å²) < 4.78 is 4.94. The fourth-order valence-corrected chi connectivity index (χ4v) is 10.9. The van der Waals surface area contributed by atoms with Crippen LogP contribution >= 0.6 is 0 Å². The summed E-state index contributed by atoms with van der Waals surface area (Å²) >= 11 is 0. The van der Waals surface area contributed by atoms with Gasteiger partial charge in [-0.25, -0.2) is 0 Å². The van der Waals surface area contributed by atoms with E-state index in [1.165, 1.54) is 127 Å². The van der Waals surface area contributed by atoms with Crippen LogP contribution < -0.4 is 0 Å². The van der Waals surface area contributed by atoms with E-state index < -0.39 is 0 Å². The highest BCUT2D eigenvalue weighted by Gasteiger charge is 2.26. The average Bonchev–Trinajstić information content (AvgIpc) is 3.87. The largest absolute Gasteiger partial charge is 0.309 e. The lowest BCUT2D eigenvalue weighted by Crippen LogP contribution is -1.96. The molecule has 0 fully saturated rings. The number of para-hydroxylation sites is 3. The van der Waals surface area contributed by atoms with Gasteiger partial charge in [0.05, 0.1) is 27.8 Å². The maximum atomic E-state index is 2.50. The Kier molecular flexibility index (Phi) is 8.02. The molecule has 66 heavy (non-hydrogen) atoms. The van der Waals surface area contributed by atoms with Crippen molar-refractivity contribution in [3.05, 3.63) is 243 Å². The first-order chi connectivity index (χ1) is 32.7. The monoisotopic (exact) mass is 836 g/mol. The predicted molar refractivity (Wildman–Crippen MR) is 279 cm³/mol. The van der Waals surface area contributed by atoms with Crippen molar-refractivity contribution in [2.24, 2.45) is 0 Å². The summed E-state index contributed by atoms with van der Waals surface area (Å²) in [4.78, 5) is 0. The molecule has 14 rings (SSSR count). The predicted octanol–water partition coefficient (Wildman–Crippen LogP) is 17.3. The molecule has 0 N–H and O–H groups in total. The Hall–Kier alpha value is -8.72. The lowest BCUT2D eigenvalue weighted by Gasteiger charge is -2.14. The third-order valence-corrected chi connectivity index (χ3v) is 14.0. The third kappa shape index (κ3) is 5.62. The molecular weight excluding hydrogens is 797 g/mol. The summed E-state index contributed by atoms with van der Waals surface area (Å²) in [7, 11) is 0. The van der Waals surface area contributed by atoms with Crippen LogP contribution in [-0.2, 0) is 0 Å². The Morgan fingerprint density at radius 3 is 1.38 bits per heavy atom. The van der Waals surface area contributed by atoms with E-state index in [4.69, 9.17) is 0 Å². The summed E-state index contributed by atoms with van der Waals surface area (Å²) in [5.41, 5.74) is 21.9. The van der Waals surface area contributed by atoms with Crippen LogP contribution in [0.2, 0.25) is 0 Å². The molecule has 306 valence electrons. The molecule has 11 aromatic carbocycles. The number of aromatic nitrogens is 2. The number of hydrogen-bond donors (Lipinski definition) is 0. The number of benzene rings is 11. The Balaban J connectivity index is 0.911. The number of rotatable bonds is 5. The second-order valence-corrected chi connectivity index (χ2v) is 17.7. The molecule has 0 amide bonds. The SMILES string of the molecule is c1ccc(-c2cc(-c3ccccc3)cc(-n3c4ccccc4c4cc(-c5ccc(-c6cc7c8c(c6)c6ccccc6n8-c6ccccc6-c6cc8ccccc8cc6-7)cc5)ccc43)c2)cc1. The molecule has 0 unspecified atom stereocenters. The second kappa shape index (κ2) is 14.4. The molecule has 1 aliphatic heterocycles. The smallest absolute Gasteiger partial charge is 0.0620 e. The number of fused-ring (bicyclic) bond motifs is 12. The van der Waals surface area contributed by atoms with Gasteiger partial charge in [-0.05, 0) is 139 Å². The van der Waals surface area contributed by atoms with Gasteiger partial charge < -0.3 is 9.13 Å². The van der Waals surface area contributed by atoms with Gasteiger partial charge in [0.2, 0.25) is 0 Å². The Labute approximate surface area is 382 Å². The Morgan fingerprint density at radius 1 is 0.227 bits per heavy atom. The minimum atomic E-state index is 1.15. The topological polar surface area (TPSA) is 9.86 Å².